The number of benzene rings is 2. The summed E-state index contributed by atoms with van der Waals surface area (Å²) < 4.78 is 12.9. The van der Waals surface area contributed by atoms with Crippen LogP contribution in [-0.4, -0.2) is 36.5 Å². The Morgan fingerprint density at radius 1 is 0.730 bits per heavy atom. The van der Waals surface area contributed by atoms with E-state index in [0.717, 1.165) is 34.6 Å². The third kappa shape index (κ3) is 7.96. The van der Waals surface area contributed by atoms with E-state index >= 15 is 0 Å². The van der Waals surface area contributed by atoms with Crippen molar-refractivity contribution in [2.75, 3.05) is 13.1 Å². The molecular weight excluding hydrogens is 600 g/mol. The number of amides is 2. The number of hydrogen-bond donors (Lipinski definition) is 2. The molecule has 2 aromatic rings. The predicted molar refractivity (Wildman–Crippen MR) is 155 cm³/mol. The van der Waals surface area contributed by atoms with Crippen molar-refractivity contribution >= 4 is 44.0 Å². The highest BCUT2D eigenvalue weighted by atomic mass is 79.9. The lowest BCUT2D eigenvalue weighted by atomic mass is 9.71. The van der Waals surface area contributed by atoms with Crippen molar-refractivity contribution < 1.29 is 19.1 Å². The van der Waals surface area contributed by atoms with Gasteiger partial charge in [-0.1, -0.05) is 44.0 Å². The number of carbonyl (C=O) groups excluding carboxylic acids is 2. The Bertz CT molecular complexity index is 1050. The van der Waals surface area contributed by atoms with Crippen LogP contribution in [0.3, 0.4) is 0 Å². The van der Waals surface area contributed by atoms with Gasteiger partial charge in [0.1, 0.15) is 11.2 Å². The molecule has 1 aliphatic rings. The zero-order valence-corrected chi connectivity index (χ0v) is 25.8. The van der Waals surface area contributed by atoms with Crippen LogP contribution in [0.1, 0.15) is 78.4 Å². The Kier molecular flexibility index (Phi) is 9.38. The fourth-order valence-corrected chi connectivity index (χ4v) is 5.62. The first kappa shape index (κ1) is 29.5. The second kappa shape index (κ2) is 11.8. The summed E-state index contributed by atoms with van der Waals surface area (Å²) in [5, 5.41) is 5.80. The molecule has 2 amide bonds. The average Bonchev–Trinajstić information content (AvgIpc) is 3.00. The van der Waals surface area contributed by atoms with Crippen LogP contribution < -0.4 is 10.6 Å². The molecule has 2 aromatic carbocycles. The summed E-state index contributed by atoms with van der Waals surface area (Å²) in [5.41, 5.74) is 3.66. The van der Waals surface area contributed by atoms with Crippen LogP contribution in [0.2, 0.25) is 0 Å². The highest BCUT2D eigenvalue weighted by molar-refractivity contribution is 9.10. The summed E-state index contributed by atoms with van der Waals surface area (Å²) in [6.45, 7) is 12.2. The van der Waals surface area contributed by atoms with Crippen molar-refractivity contribution in [2.45, 2.75) is 83.8 Å². The summed E-state index contributed by atoms with van der Waals surface area (Å²) in [6.07, 6.45) is 2.42. The number of carbonyl (C=O) groups is 2. The molecular formula is C29H38Br2N2O4. The Balaban J connectivity index is 1.82. The highest BCUT2D eigenvalue weighted by Crippen LogP contribution is 2.54. The van der Waals surface area contributed by atoms with E-state index in [1.807, 2.05) is 41.5 Å². The van der Waals surface area contributed by atoms with E-state index in [4.69, 9.17) is 9.47 Å². The molecule has 0 bridgehead atoms. The van der Waals surface area contributed by atoms with Gasteiger partial charge in [0.15, 0.2) is 0 Å². The Morgan fingerprint density at radius 2 is 1.11 bits per heavy atom. The van der Waals surface area contributed by atoms with Gasteiger partial charge in [0.05, 0.1) is 0 Å². The maximum Gasteiger partial charge on any atom is 0.407 e. The zero-order valence-electron chi connectivity index (χ0n) is 22.6. The van der Waals surface area contributed by atoms with Gasteiger partial charge in [-0.25, -0.2) is 9.59 Å². The van der Waals surface area contributed by atoms with Crippen LogP contribution in [0.25, 0.3) is 11.1 Å². The molecule has 0 atom stereocenters. The number of hydrogen-bond acceptors (Lipinski definition) is 4. The fourth-order valence-electron chi connectivity index (χ4n) is 4.89. The highest BCUT2D eigenvalue weighted by Gasteiger charge is 2.42. The number of fused-ring (bicyclic) bond motifs is 3. The minimum Gasteiger partial charge on any atom is -0.444 e. The number of ether oxygens (including phenoxy) is 2. The number of halogens is 2. The van der Waals surface area contributed by atoms with E-state index < -0.39 is 23.4 Å². The minimum absolute atomic E-state index is 0.260. The van der Waals surface area contributed by atoms with Gasteiger partial charge < -0.3 is 20.1 Å². The molecule has 0 radical (unpaired) electrons. The standard InChI is InChI=1S/C29H38Br2N2O4/c1-27(2,3)36-25(34)32-15-7-13-29(14-8-16-33-26(35)37-28(4,5)6)23-17-19(30)9-11-21(23)22-12-10-20(31)18-24(22)29/h9-12,17-18H,7-8,13-16H2,1-6H3,(H,32,34)(H,33,35). The molecule has 0 aromatic heterocycles. The summed E-state index contributed by atoms with van der Waals surface area (Å²) in [4.78, 5) is 24.4. The van der Waals surface area contributed by atoms with Crippen molar-refractivity contribution in [3.63, 3.8) is 0 Å². The van der Waals surface area contributed by atoms with Gasteiger partial charge in [-0.15, -0.1) is 0 Å². The van der Waals surface area contributed by atoms with E-state index in [2.05, 4.69) is 78.9 Å². The van der Waals surface area contributed by atoms with Crippen molar-refractivity contribution in [2.24, 2.45) is 0 Å². The molecule has 0 spiro atoms. The Hall–Kier alpha value is -2.06. The van der Waals surface area contributed by atoms with Gasteiger partial charge >= 0.3 is 12.2 Å². The van der Waals surface area contributed by atoms with E-state index in [9.17, 15) is 9.59 Å². The van der Waals surface area contributed by atoms with E-state index in [1.54, 1.807) is 0 Å². The van der Waals surface area contributed by atoms with Crippen LogP contribution >= 0.6 is 31.9 Å². The first-order valence-corrected chi connectivity index (χ1v) is 14.3. The van der Waals surface area contributed by atoms with Gasteiger partial charge in [-0.2, -0.15) is 0 Å². The van der Waals surface area contributed by atoms with Crippen molar-refractivity contribution in [3.05, 3.63) is 56.5 Å². The molecule has 3 rings (SSSR count). The lowest BCUT2D eigenvalue weighted by Crippen LogP contribution is -2.35. The first-order chi connectivity index (χ1) is 17.2. The molecule has 37 heavy (non-hydrogen) atoms. The molecule has 0 aliphatic heterocycles. The van der Waals surface area contributed by atoms with E-state index in [0.29, 0.717) is 13.1 Å². The monoisotopic (exact) mass is 636 g/mol. The molecule has 0 saturated heterocycles. The molecule has 6 nitrogen and oxygen atoms in total. The average molecular weight is 638 g/mol. The normalized spacial score (nSPS) is 13.9. The van der Waals surface area contributed by atoms with Gasteiger partial charge in [0.25, 0.3) is 0 Å². The second-order valence-corrected chi connectivity index (χ2v) is 13.4. The minimum atomic E-state index is -0.533. The summed E-state index contributed by atoms with van der Waals surface area (Å²) >= 11 is 7.35. The lowest BCUT2D eigenvalue weighted by Gasteiger charge is -2.33. The zero-order chi connectivity index (χ0) is 27.4. The molecule has 1 aliphatic carbocycles. The van der Waals surface area contributed by atoms with E-state index in [1.165, 1.54) is 22.3 Å². The number of rotatable bonds is 8. The van der Waals surface area contributed by atoms with Crippen LogP contribution in [0.5, 0.6) is 0 Å². The largest absolute Gasteiger partial charge is 0.444 e. The van der Waals surface area contributed by atoms with Crippen molar-refractivity contribution in [3.8, 4) is 11.1 Å². The third-order valence-corrected chi connectivity index (χ3v) is 7.17. The van der Waals surface area contributed by atoms with Crippen LogP contribution in [0.4, 0.5) is 9.59 Å². The second-order valence-electron chi connectivity index (χ2n) is 11.5. The van der Waals surface area contributed by atoms with Gasteiger partial charge in [-0.05, 0) is 114 Å². The maximum absolute atomic E-state index is 12.2. The predicted octanol–water partition coefficient (Wildman–Crippen LogP) is 8.09. The van der Waals surface area contributed by atoms with Crippen LogP contribution in [-0.2, 0) is 14.9 Å². The topological polar surface area (TPSA) is 76.7 Å². The molecule has 2 N–H and O–H groups in total. The quantitative estimate of drug-likeness (QED) is 0.287. The molecule has 0 fully saturated rings. The summed E-state index contributed by atoms with van der Waals surface area (Å²) in [6, 6.07) is 12.9. The maximum atomic E-state index is 12.2. The Labute approximate surface area is 237 Å². The number of alkyl carbamates (subject to hydrolysis) is 2. The molecule has 8 heteroatoms. The van der Waals surface area contributed by atoms with Crippen LogP contribution in [0, 0.1) is 0 Å². The van der Waals surface area contributed by atoms with Gasteiger partial charge in [0.2, 0.25) is 0 Å². The van der Waals surface area contributed by atoms with Crippen LogP contribution in [0.15, 0.2) is 45.3 Å². The summed E-state index contributed by atoms with van der Waals surface area (Å²) in [7, 11) is 0. The van der Waals surface area contributed by atoms with Gasteiger partial charge in [0, 0.05) is 27.4 Å². The molecule has 0 saturated carbocycles. The van der Waals surface area contributed by atoms with Crippen molar-refractivity contribution in [1.29, 1.82) is 0 Å². The van der Waals surface area contributed by atoms with E-state index in [-0.39, 0.29) is 5.41 Å². The molecule has 202 valence electrons. The smallest absolute Gasteiger partial charge is 0.407 e. The summed E-state index contributed by atoms with van der Waals surface area (Å²) in [5.74, 6) is 0. The first-order valence-electron chi connectivity index (χ1n) is 12.7. The van der Waals surface area contributed by atoms with Gasteiger partial charge in [-0.3, -0.25) is 0 Å². The Morgan fingerprint density at radius 3 is 1.46 bits per heavy atom. The molecule has 0 unspecified atom stereocenters. The molecule has 0 heterocycles. The number of nitrogens with one attached hydrogen (secondary N) is 2. The third-order valence-electron chi connectivity index (χ3n) is 6.18. The fraction of sp³-hybridized carbons (Fsp3) is 0.517. The SMILES string of the molecule is CC(C)(C)OC(=O)NCCCC1(CCCNC(=O)OC(C)(C)C)c2cc(Br)ccc2-c2ccc(Br)cc21. The van der Waals surface area contributed by atoms with Crippen molar-refractivity contribution in [1.82, 2.24) is 10.6 Å². The lowest BCUT2D eigenvalue weighted by molar-refractivity contribution is 0.0516.